The van der Waals surface area contributed by atoms with Gasteiger partial charge in [0.1, 0.15) is 0 Å². The van der Waals surface area contributed by atoms with E-state index in [9.17, 15) is 9.59 Å². The number of fused-ring (bicyclic) bond motifs is 1. The van der Waals surface area contributed by atoms with Crippen LogP contribution in [0.1, 0.15) is 24.2 Å². The number of hydrogen-bond donors (Lipinski definition) is 0. The van der Waals surface area contributed by atoms with E-state index >= 15 is 0 Å². The molecule has 3 aromatic rings. The van der Waals surface area contributed by atoms with Crippen LogP contribution in [0.3, 0.4) is 0 Å². The van der Waals surface area contributed by atoms with Gasteiger partial charge in [-0.1, -0.05) is 48.0 Å². The number of piperazine rings is 1. The van der Waals surface area contributed by atoms with Crippen molar-refractivity contribution < 1.29 is 9.59 Å². The third kappa shape index (κ3) is 5.02. The molecule has 0 bridgehead atoms. The van der Waals surface area contributed by atoms with E-state index < -0.39 is 0 Å². The van der Waals surface area contributed by atoms with Crippen molar-refractivity contribution in [1.29, 1.82) is 0 Å². The lowest BCUT2D eigenvalue weighted by Crippen LogP contribution is -2.51. The summed E-state index contributed by atoms with van der Waals surface area (Å²) in [5, 5.41) is 1.43. The zero-order valence-electron chi connectivity index (χ0n) is 19.1. The molecule has 1 aromatic heterocycles. The molecule has 1 fully saturated rings. The van der Waals surface area contributed by atoms with Crippen LogP contribution in [0.5, 0.6) is 0 Å². The summed E-state index contributed by atoms with van der Waals surface area (Å²) in [5.41, 5.74) is 2.88. The molecule has 0 saturated carbocycles. The zero-order chi connectivity index (χ0) is 23.4. The van der Waals surface area contributed by atoms with Gasteiger partial charge >= 0.3 is 0 Å². The highest BCUT2D eigenvalue weighted by atomic mass is 35.5. The molecule has 7 heteroatoms. The number of hydrogen-bond acceptors (Lipinski definition) is 4. The topological polar surface area (TPSA) is 56.8 Å². The first-order chi connectivity index (χ1) is 16.0. The number of carbonyl (C=O) groups is 2. The SMILES string of the molecule is CCN(CC)C(=O)CN1CCN(C(=O)c2cc(-c3ccccc3Cl)nc3ccccc23)CC1. The molecular weight excluding hydrogens is 436 g/mol. The van der Waals surface area contributed by atoms with Gasteiger partial charge in [-0.2, -0.15) is 0 Å². The quantitative estimate of drug-likeness (QED) is 0.549. The van der Waals surface area contributed by atoms with Crippen molar-refractivity contribution in [2.24, 2.45) is 0 Å². The molecule has 1 aliphatic rings. The van der Waals surface area contributed by atoms with Gasteiger partial charge in [0.2, 0.25) is 5.91 Å². The lowest BCUT2D eigenvalue weighted by molar-refractivity contribution is -0.132. The van der Waals surface area contributed by atoms with Gasteiger partial charge in [-0.3, -0.25) is 14.5 Å². The van der Waals surface area contributed by atoms with Crippen LogP contribution in [0, 0.1) is 0 Å². The zero-order valence-corrected chi connectivity index (χ0v) is 19.9. The molecular formula is C26H29ClN4O2. The number of halogens is 1. The standard InChI is InChI=1S/C26H29ClN4O2/c1-3-30(4-2)25(32)18-29-13-15-31(16-14-29)26(33)21-17-24(20-10-5-7-11-22(20)27)28-23-12-8-6-9-19(21)23/h5-12,17H,3-4,13-16,18H2,1-2H3. The summed E-state index contributed by atoms with van der Waals surface area (Å²) in [7, 11) is 0. The van der Waals surface area contributed by atoms with E-state index in [1.807, 2.05) is 78.2 Å². The Kier molecular flexibility index (Phi) is 7.26. The summed E-state index contributed by atoms with van der Waals surface area (Å²) < 4.78 is 0. The monoisotopic (exact) mass is 464 g/mol. The summed E-state index contributed by atoms with van der Waals surface area (Å²) >= 11 is 6.42. The Morgan fingerprint density at radius 3 is 2.33 bits per heavy atom. The van der Waals surface area contributed by atoms with Crippen molar-refractivity contribution in [1.82, 2.24) is 19.7 Å². The van der Waals surface area contributed by atoms with E-state index in [0.717, 1.165) is 29.6 Å². The van der Waals surface area contributed by atoms with Crippen LogP contribution in [-0.2, 0) is 4.79 Å². The molecule has 0 unspecified atom stereocenters. The predicted molar refractivity (Wildman–Crippen MR) is 132 cm³/mol. The Hall–Kier alpha value is -2.96. The molecule has 4 rings (SSSR count). The van der Waals surface area contributed by atoms with Crippen LogP contribution in [0.2, 0.25) is 5.02 Å². The fraction of sp³-hybridized carbons (Fsp3) is 0.346. The largest absolute Gasteiger partial charge is 0.342 e. The van der Waals surface area contributed by atoms with Crippen LogP contribution in [-0.4, -0.2) is 77.3 Å². The Balaban J connectivity index is 1.55. The maximum Gasteiger partial charge on any atom is 0.254 e. The number of likely N-dealkylation sites (N-methyl/N-ethyl adjacent to an activating group) is 1. The van der Waals surface area contributed by atoms with Gasteiger partial charge in [-0.25, -0.2) is 4.98 Å². The highest BCUT2D eigenvalue weighted by molar-refractivity contribution is 6.33. The number of nitrogens with zero attached hydrogens (tertiary/aromatic N) is 4. The fourth-order valence-corrected chi connectivity index (χ4v) is 4.54. The molecule has 0 radical (unpaired) electrons. The van der Waals surface area contributed by atoms with E-state index in [-0.39, 0.29) is 11.8 Å². The van der Waals surface area contributed by atoms with Gasteiger partial charge in [0.05, 0.1) is 23.3 Å². The number of rotatable bonds is 6. The summed E-state index contributed by atoms with van der Waals surface area (Å²) in [6.45, 7) is 8.36. The highest BCUT2D eigenvalue weighted by Crippen LogP contribution is 2.30. The van der Waals surface area contributed by atoms with Crippen molar-refractivity contribution >= 4 is 34.3 Å². The normalized spacial score (nSPS) is 14.5. The highest BCUT2D eigenvalue weighted by Gasteiger charge is 2.26. The van der Waals surface area contributed by atoms with E-state index in [1.165, 1.54) is 0 Å². The molecule has 2 amide bonds. The smallest absolute Gasteiger partial charge is 0.254 e. The molecule has 2 aromatic carbocycles. The van der Waals surface area contributed by atoms with E-state index in [2.05, 4.69) is 4.90 Å². The number of aromatic nitrogens is 1. The van der Waals surface area contributed by atoms with Crippen molar-refractivity contribution in [2.45, 2.75) is 13.8 Å². The van der Waals surface area contributed by atoms with E-state index in [4.69, 9.17) is 16.6 Å². The van der Waals surface area contributed by atoms with Crippen LogP contribution >= 0.6 is 11.6 Å². The Morgan fingerprint density at radius 2 is 1.64 bits per heavy atom. The fourth-order valence-electron chi connectivity index (χ4n) is 4.31. The van der Waals surface area contributed by atoms with Crippen molar-refractivity contribution in [3.05, 3.63) is 65.2 Å². The molecule has 172 valence electrons. The molecule has 0 spiro atoms. The van der Waals surface area contributed by atoms with Crippen LogP contribution in [0.25, 0.3) is 22.2 Å². The first-order valence-corrected chi connectivity index (χ1v) is 11.8. The molecule has 1 aliphatic heterocycles. The average Bonchev–Trinajstić information content (AvgIpc) is 2.84. The number of amides is 2. The van der Waals surface area contributed by atoms with Gasteiger partial charge < -0.3 is 9.80 Å². The summed E-state index contributed by atoms with van der Waals surface area (Å²) in [4.78, 5) is 36.6. The number of benzene rings is 2. The molecule has 0 aliphatic carbocycles. The second-order valence-corrected chi connectivity index (χ2v) is 8.59. The maximum atomic E-state index is 13.6. The minimum Gasteiger partial charge on any atom is -0.342 e. The van der Waals surface area contributed by atoms with Gasteiger partial charge in [0.25, 0.3) is 5.91 Å². The third-order valence-electron chi connectivity index (χ3n) is 6.23. The second kappa shape index (κ2) is 10.3. The van der Waals surface area contributed by atoms with E-state index in [0.29, 0.717) is 49.0 Å². The van der Waals surface area contributed by atoms with E-state index in [1.54, 1.807) is 0 Å². The summed E-state index contributed by atoms with van der Waals surface area (Å²) in [6.07, 6.45) is 0. The molecule has 0 atom stereocenters. The third-order valence-corrected chi connectivity index (χ3v) is 6.56. The first kappa shape index (κ1) is 23.2. The predicted octanol–water partition coefficient (Wildman–Crippen LogP) is 4.18. The van der Waals surface area contributed by atoms with Gasteiger partial charge in [-0.05, 0) is 32.0 Å². The molecule has 6 nitrogen and oxygen atoms in total. The first-order valence-electron chi connectivity index (χ1n) is 11.5. The Morgan fingerprint density at radius 1 is 0.970 bits per heavy atom. The minimum atomic E-state index is -0.0170. The van der Waals surface area contributed by atoms with Crippen LogP contribution in [0.4, 0.5) is 0 Å². The minimum absolute atomic E-state index is 0.0170. The maximum absolute atomic E-state index is 13.6. The lowest BCUT2D eigenvalue weighted by atomic mass is 10.0. The van der Waals surface area contributed by atoms with Gasteiger partial charge in [0.15, 0.2) is 0 Å². The van der Waals surface area contributed by atoms with Crippen molar-refractivity contribution in [2.75, 3.05) is 45.8 Å². The molecule has 2 heterocycles. The van der Waals surface area contributed by atoms with Gasteiger partial charge in [-0.15, -0.1) is 0 Å². The number of pyridine rings is 1. The molecule has 1 saturated heterocycles. The summed E-state index contributed by atoms with van der Waals surface area (Å²) in [5.74, 6) is 0.126. The molecule has 0 N–H and O–H groups in total. The second-order valence-electron chi connectivity index (χ2n) is 8.19. The van der Waals surface area contributed by atoms with Crippen molar-refractivity contribution in [3.63, 3.8) is 0 Å². The molecule has 33 heavy (non-hydrogen) atoms. The lowest BCUT2D eigenvalue weighted by Gasteiger charge is -2.35. The Labute approximate surface area is 199 Å². The van der Waals surface area contributed by atoms with Gasteiger partial charge in [0, 0.05) is 55.2 Å². The number of carbonyl (C=O) groups excluding carboxylic acids is 2. The number of para-hydroxylation sites is 1. The van der Waals surface area contributed by atoms with Crippen molar-refractivity contribution in [3.8, 4) is 11.3 Å². The summed E-state index contributed by atoms with van der Waals surface area (Å²) in [6, 6.07) is 17.1. The van der Waals surface area contributed by atoms with Crippen LogP contribution in [0.15, 0.2) is 54.6 Å². The average molecular weight is 465 g/mol. The van der Waals surface area contributed by atoms with Crippen LogP contribution < -0.4 is 0 Å². The Bertz CT molecular complexity index is 1150.